The van der Waals surface area contributed by atoms with Crippen LogP contribution in [0, 0.1) is 5.82 Å². The molecular formula is C21H18ClFN2O4S. The smallest absolute Gasteiger partial charge is 0.265 e. The number of carbonyl (C=O) groups excluding carboxylic acids is 1. The van der Waals surface area contributed by atoms with Crippen molar-refractivity contribution in [2.24, 2.45) is 0 Å². The zero-order valence-electron chi connectivity index (χ0n) is 15.8. The third-order valence-corrected chi connectivity index (χ3v) is 5.76. The highest BCUT2D eigenvalue weighted by molar-refractivity contribution is 7.92. The second-order valence-corrected chi connectivity index (χ2v) is 8.40. The van der Waals surface area contributed by atoms with E-state index in [1.54, 1.807) is 31.2 Å². The van der Waals surface area contributed by atoms with Gasteiger partial charge in [-0.1, -0.05) is 23.7 Å². The summed E-state index contributed by atoms with van der Waals surface area (Å²) < 4.78 is 45.9. The summed E-state index contributed by atoms with van der Waals surface area (Å²) in [6.45, 7) is 1.55. The van der Waals surface area contributed by atoms with E-state index in [0.717, 1.165) is 0 Å². The molecule has 0 aliphatic heterocycles. The molecule has 0 aliphatic carbocycles. The van der Waals surface area contributed by atoms with Gasteiger partial charge in [-0.3, -0.25) is 9.52 Å². The van der Waals surface area contributed by atoms with Gasteiger partial charge >= 0.3 is 0 Å². The summed E-state index contributed by atoms with van der Waals surface area (Å²) in [7, 11) is -3.84. The fourth-order valence-electron chi connectivity index (χ4n) is 2.48. The number of sulfonamides is 1. The van der Waals surface area contributed by atoms with Crippen LogP contribution in [0.3, 0.4) is 0 Å². The lowest BCUT2D eigenvalue weighted by Gasteiger charge is -2.15. The molecule has 0 spiro atoms. The zero-order valence-corrected chi connectivity index (χ0v) is 17.4. The molecule has 0 bridgehead atoms. The molecule has 30 heavy (non-hydrogen) atoms. The highest BCUT2D eigenvalue weighted by Crippen LogP contribution is 2.24. The molecule has 0 aliphatic rings. The second-order valence-electron chi connectivity index (χ2n) is 6.31. The van der Waals surface area contributed by atoms with Crippen LogP contribution >= 0.6 is 11.6 Å². The van der Waals surface area contributed by atoms with Gasteiger partial charge in [0.2, 0.25) is 0 Å². The van der Waals surface area contributed by atoms with Crippen LogP contribution in [0.5, 0.6) is 5.75 Å². The quantitative estimate of drug-likeness (QED) is 0.549. The first-order valence-corrected chi connectivity index (χ1v) is 10.7. The van der Waals surface area contributed by atoms with Crippen LogP contribution in [0.1, 0.15) is 6.92 Å². The molecule has 9 heteroatoms. The number of hydrogen-bond acceptors (Lipinski definition) is 4. The fourth-order valence-corrected chi connectivity index (χ4v) is 3.80. The van der Waals surface area contributed by atoms with E-state index in [1.807, 2.05) is 0 Å². The van der Waals surface area contributed by atoms with Crippen molar-refractivity contribution in [3.63, 3.8) is 0 Å². The Labute approximate surface area is 178 Å². The summed E-state index contributed by atoms with van der Waals surface area (Å²) in [6.07, 6.45) is -0.847. The zero-order chi connectivity index (χ0) is 21.7. The average molecular weight is 449 g/mol. The van der Waals surface area contributed by atoms with Crippen molar-refractivity contribution < 1.29 is 22.3 Å². The lowest BCUT2D eigenvalue weighted by molar-refractivity contribution is -0.122. The number of benzene rings is 3. The first-order valence-electron chi connectivity index (χ1n) is 8.85. The van der Waals surface area contributed by atoms with Crippen molar-refractivity contribution in [2.45, 2.75) is 17.9 Å². The molecule has 1 amide bonds. The van der Waals surface area contributed by atoms with E-state index in [2.05, 4.69) is 10.0 Å². The second kappa shape index (κ2) is 9.15. The molecule has 0 saturated heterocycles. The van der Waals surface area contributed by atoms with Crippen LogP contribution in [-0.4, -0.2) is 20.4 Å². The lowest BCUT2D eigenvalue weighted by atomic mass is 10.3. The minimum atomic E-state index is -3.84. The van der Waals surface area contributed by atoms with Crippen molar-refractivity contribution in [1.29, 1.82) is 0 Å². The molecule has 1 atom stereocenters. The van der Waals surface area contributed by atoms with Crippen molar-refractivity contribution in [1.82, 2.24) is 0 Å². The molecule has 0 saturated carbocycles. The topological polar surface area (TPSA) is 84.5 Å². The van der Waals surface area contributed by atoms with Crippen molar-refractivity contribution in [2.75, 3.05) is 10.0 Å². The summed E-state index contributed by atoms with van der Waals surface area (Å²) in [5.74, 6) is -0.492. The number of ether oxygens (including phenoxy) is 1. The molecule has 2 N–H and O–H groups in total. The van der Waals surface area contributed by atoms with Crippen LogP contribution in [0.4, 0.5) is 15.8 Å². The SMILES string of the molecule is C[C@H](Oc1ccc(F)cc1)C(=O)Nc1ccc(S(=O)(=O)Nc2ccccc2Cl)cc1. The Kier molecular flexibility index (Phi) is 6.59. The Morgan fingerprint density at radius 1 is 1.00 bits per heavy atom. The Morgan fingerprint density at radius 2 is 1.63 bits per heavy atom. The maximum Gasteiger partial charge on any atom is 0.265 e. The van der Waals surface area contributed by atoms with E-state index < -0.39 is 27.9 Å². The molecule has 0 unspecified atom stereocenters. The minimum absolute atomic E-state index is 0.0102. The largest absolute Gasteiger partial charge is 0.481 e. The van der Waals surface area contributed by atoms with E-state index in [9.17, 15) is 17.6 Å². The van der Waals surface area contributed by atoms with Gasteiger partial charge in [-0.2, -0.15) is 0 Å². The predicted octanol–water partition coefficient (Wildman–Crippen LogP) is 4.69. The highest BCUT2D eigenvalue weighted by Gasteiger charge is 2.18. The molecule has 0 heterocycles. The van der Waals surface area contributed by atoms with Gasteiger partial charge in [0.15, 0.2) is 6.10 Å². The van der Waals surface area contributed by atoms with Crippen molar-refractivity contribution in [3.8, 4) is 5.75 Å². The number of hydrogen-bond donors (Lipinski definition) is 2. The minimum Gasteiger partial charge on any atom is -0.481 e. The maximum absolute atomic E-state index is 12.9. The van der Waals surface area contributed by atoms with Gasteiger partial charge < -0.3 is 10.1 Å². The summed E-state index contributed by atoms with van der Waals surface area (Å²) >= 11 is 5.99. The van der Waals surface area contributed by atoms with Crippen LogP contribution in [0.15, 0.2) is 77.7 Å². The van der Waals surface area contributed by atoms with Gasteiger partial charge in [0, 0.05) is 5.69 Å². The van der Waals surface area contributed by atoms with E-state index in [0.29, 0.717) is 11.4 Å². The third-order valence-electron chi connectivity index (χ3n) is 4.05. The number of rotatable bonds is 7. The number of para-hydroxylation sites is 1. The molecule has 3 aromatic rings. The normalized spacial score (nSPS) is 12.1. The molecule has 3 aromatic carbocycles. The van der Waals surface area contributed by atoms with Gasteiger partial charge in [0.1, 0.15) is 11.6 Å². The first-order chi connectivity index (χ1) is 14.2. The fraction of sp³-hybridized carbons (Fsp3) is 0.0952. The number of anilines is 2. The standard InChI is InChI=1S/C21H18ClFN2O4S/c1-14(29-17-10-6-15(23)7-11-17)21(26)24-16-8-12-18(13-9-16)30(27,28)25-20-5-3-2-4-19(20)22/h2-14,25H,1H3,(H,24,26)/t14-/m0/s1. The van der Waals surface area contributed by atoms with Crippen LogP contribution in [0.25, 0.3) is 0 Å². The maximum atomic E-state index is 12.9. The summed E-state index contributed by atoms with van der Waals surface area (Å²) in [4.78, 5) is 12.3. The van der Waals surface area contributed by atoms with Gasteiger partial charge in [0.05, 0.1) is 15.6 Å². The Morgan fingerprint density at radius 3 is 2.27 bits per heavy atom. The van der Waals surface area contributed by atoms with Crippen LogP contribution in [-0.2, 0) is 14.8 Å². The average Bonchev–Trinajstić information content (AvgIpc) is 2.71. The number of amides is 1. The van der Waals surface area contributed by atoms with E-state index in [1.165, 1.54) is 48.5 Å². The summed E-state index contributed by atoms with van der Waals surface area (Å²) in [5, 5.41) is 2.91. The molecule has 156 valence electrons. The van der Waals surface area contributed by atoms with Gasteiger partial charge in [-0.25, -0.2) is 12.8 Å². The molecule has 6 nitrogen and oxygen atoms in total. The number of carbonyl (C=O) groups is 1. The first kappa shape index (κ1) is 21.6. The Hall–Kier alpha value is -3.10. The van der Waals surface area contributed by atoms with Gasteiger partial charge in [0.25, 0.3) is 15.9 Å². The van der Waals surface area contributed by atoms with E-state index >= 15 is 0 Å². The number of nitrogens with one attached hydrogen (secondary N) is 2. The molecular weight excluding hydrogens is 431 g/mol. The predicted molar refractivity (Wildman–Crippen MR) is 114 cm³/mol. The van der Waals surface area contributed by atoms with Gasteiger partial charge in [-0.15, -0.1) is 0 Å². The highest BCUT2D eigenvalue weighted by atomic mass is 35.5. The van der Waals surface area contributed by atoms with E-state index in [4.69, 9.17) is 16.3 Å². The monoisotopic (exact) mass is 448 g/mol. The van der Waals surface area contributed by atoms with Crippen LogP contribution in [0.2, 0.25) is 5.02 Å². The molecule has 3 rings (SSSR count). The van der Waals surface area contributed by atoms with Crippen molar-refractivity contribution >= 4 is 38.9 Å². The third kappa shape index (κ3) is 5.49. The lowest BCUT2D eigenvalue weighted by Crippen LogP contribution is -2.30. The Balaban J connectivity index is 1.64. The van der Waals surface area contributed by atoms with Crippen LogP contribution < -0.4 is 14.8 Å². The Bertz CT molecular complexity index is 1140. The summed E-state index contributed by atoms with van der Waals surface area (Å²) in [6, 6.07) is 17.4. The van der Waals surface area contributed by atoms with E-state index in [-0.39, 0.29) is 15.6 Å². The molecule has 0 aromatic heterocycles. The number of halogens is 2. The van der Waals surface area contributed by atoms with Gasteiger partial charge in [-0.05, 0) is 67.6 Å². The molecule has 0 radical (unpaired) electrons. The van der Waals surface area contributed by atoms with Crippen molar-refractivity contribution in [3.05, 3.63) is 83.6 Å². The summed E-state index contributed by atoms with van der Waals surface area (Å²) in [5.41, 5.74) is 0.662. The molecule has 0 fully saturated rings.